The molecule has 20 heavy (non-hydrogen) atoms. The molecule has 2 aromatic rings. The fourth-order valence-corrected chi connectivity index (χ4v) is 2.35. The van der Waals surface area contributed by atoms with Crippen molar-refractivity contribution in [1.82, 2.24) is 20.3 Å². The second kappa shape index (κ2) is 4.27. The number of aromatic nitrogens is 4. The summed E-state index contributed by atoms with van der Waals surface area (Å²) in [5.74, 6) is 1.17. The lowest BCUT2D eigenvalue weighted by Gasteiger charge is -1.96. The summed E-state index contributed by atoms with van der Waals surface area (Å²) >= 11 is 0. The molecular formula is C13H13N5O2. The maximum absolute atomic E-state index is 9.08. The Bertz CT molecular complexity index is 671. The third-order valence-corrected chi connectivity index (χ3v) is 3.75. The van der Waals surface area contributed by atoms with Crippen LogP contribution < -0.4 is 4.74 Å². The lowest BCUT2D eigenvalue weighted by atomic mass is 10.1. The molecule has 1 saturated carbocycles. The number of nitrogens with zero attached hydrogens (tertiary/aromatic N) is 5. The summed E-state index contributed by atoms with van der Waals surface area (Å²) in [5, 5.41) is 20.8. The van der Waals surface area contributed by atoms with Gasteiger partial charge in [-0.15, -0.1) is 10.2 Å². The SMILES string of the molecule is COc1ccc(-c2noc(C3C(C#N)C3(C)C)n2)nn1. The van der Waals surface area contributed by atoms with Gasteiger partial charge in [0.05, 0.1) is 25.0 Å². The molecule has 2 heterocycles. The average molecular weight is 271 g/mol. The highest BCUT2D eigenvalue weighted by atomic mass is 16.5. The van der Waals surface area contributed by atoms with Crippen LogP contribution in [0.4, 0.5) is 0 Å². The zero-order valence-corrected chi connectivity index (χ0v) is 11.4. The Balaban J connectivity index is 1.86. The molecule has 1 aliphatic carbocycles. The van der Waals surface area contributed by atoms with Crippen LogP contribution in [-0.4, -0.2) is 27.4 Å². The van der Waals surface area contributed by atoms with Crippen LogP contribution in [0.1, 0.15) is 25.7 Å². The van der Waals surface area contributed by atoms with Gasteiger partial charge in [-0.1, -0.05) is 19.0 Å². The van der Waals surface area contributed by atoms with Gasteiger partial charge < -0.3 is 9.26 Å². The summed E-state index contributed by atoms with van der Waals surface area (Å²) in [4.78, 5) is 4.32. The van der Waals surface area contributed by atoms with E-state index in [0.29, 0.717) is 23.3 Å². The predicted molar refractivity (Wildman–Crippen MR) is 67.5 cm³/mol. The van der Waals surface area contributed by atoms with Gasteiger partial charge in [0.25, 0.3) is 0 Å². The number of methoxy groups -OCH3 is 1. The van der Waals surface area contributed by atoms with Crippen molar-refractivity contribution in [2.24, 2.45) is 11.3 Å². The first-order valence-corrected chi connectivity index (χ1v) is 6.19. The summed E-state index contributed by atoms with van der Waals surface area (Å²) in [6, 6.07) is 5.66. The smallest absolute Gasteiger partial charge is 0.233 e. The molecule has 7 nitrogen and oxygen atoms in total. The second-order valence-corrected chi connectivity index (χ2v) is 5.32. The number of ether oxygens (including phenoxy) is 1. The van der Waals surface area contributed by atoms with Gasteiger partial charge in [0.1, 0.15) is 5.69 Å². The van der Waals surface area contributed by atoms with Crippen molar-refractivity contribution >= 4 is 0 Å². The first-order valence-electron chi connectivity index (χ1n) is 6.19. The van der Waals surface area contributed by atoms with Crippen molar-refractivity contribution < 1.29 is 9.26 Å². The molecule has 2 unspecified atom stereocenters. The Morgan fingerprint density at radius 3 is 2.70 bits per heavy atom. The Morgan fingerprint density at radius 1 is 1.35 bits per heavy atom. The Morgan fingerprint density at radius 2 is 2.15 bits per heavy atom. The highest BCUT2D eigenvalue weighted by molar-refractivity contribution is 5.47. The molecule has 7 heteroatoms. The molecule has 0 N–H and O–H groups in total. The molecule has 1 fully saturated rings. The van der Waals surface area contributed by atoms with Crippen molar-refractivity contribution in [3.8, 4) is 23.5 Å². The van der Waals surface area contributed by atoms with E-state index in [1.807, 2.05) is 13.8 Å². The van der Waals surface area contributed by atoms with Crippen LogP contribution in [0.25, 0.3) is 11.5 Å². The molecule has 0 saturated heterocycles. The topological polar surface area (TPSA) is 97.7 Å². The Kier molecular flexibility index (Phi) is 2.67. The van der Waals surface area contributed by atoms with Crippen LogP contribution in [-0.2, 0) is 0 Å². The fourth-order valence-electron chi connectivity index (χ4n) is 2.35. The second-order valence-electron chi connectivity index (χ2n) is 5.32. The third kappa shape index (κ3) is 1.81. The van der Waals surface area contributed by atoms with Crippen molar-refractivity contribution in [1.29, 1.82) is 5.26 Å². The molecule has 2 aromatic heterocycles. The highest BCUT2D eigenvalue weighted by Crippen LogP contribution is 2.63. The van der Waals surface area contributed by atoms with E-state index in [-0.39, 0.29) is 17.3 Å². The number of hydrogen-bond donors (Lipinski definition) is 0. The van der Waals surface area contributed by atoms with E-state index in [9.17, 15) is 0 Å². The van der Waals surface area contributed by atoms with Gasteiger partial charge in [0.2, 0.25) is 17.6 Å². The first-order chi connectivity index (χ1) is 9.57. The third-order valence-electron chi connectivity index (χ3n) is 3.75. The molecule has 0 radical (unpaired) electrons. The predicted octanol–water partition coefficient (Wildman–Crippen LogP) is 1.80. The van der Waals surface area contributed by atoms with E-state index in [0.717, 1.165) is 0 Å². The zero-order chi connectivity index (χ0) is 14.3. The summed E-state index contributed by atoms with van der Waals surface area (Å²) < 4.78 is 10.2. The largest absolute Gasteiger partial charge is 0.480 e. The minimum Gasteiger partial charge on any atom is -0.480 e. The molecule has 3 rings (SSSR count). The van der Waals surface area contributed by atoms with Gasteiger partial charge in [-0.2, -0.15) is 10.2 Å². The zero-order valence-electron chi connectivity index (χ0n) is 11.4. The van der Waals surface area contributed by atoms with Gasteiger partial charge in [-0.05, 0) is 11.5 Å². The van der Waals surface area contributed by atoms with Crippen LogP contribution in [0.15, 0.2) is 16.7 Å². The lowest BCUT2D eigenvalue weighted by Crippen LogP contribution is -1.93. The molecule has 0 aromatic carbocycles. The monoisotopic (exact) mass is 271 g/mol. The van der Waals surface area contributed by atoms with Gasteiger partial charge >= 0.3 is 0 Å². The maximum atomic E-state index is 9.08. The number of rotatable bonds is 3. The molecule has 0 aliphatic heterocycles. The number of nitriles is 1. The van der Waals surface area contributed by atoms with E-state index in [1.165, 1.54) is 7.11 Å². The molecular weight excluding hydrogens is 258 g/mol. The maximum Gasteiger partial charge on any atom is 0.233 e. The van der Waals surface area contributed by atoms with Crippen LogP contribution in [0.2, 0.25) is 0 Å². The standard InChI is InChI=1S/C13H13N5O2/c1-13(2)7(6-14)10(13)12-15-11(18-20-12)8-4-5-9(19-3)17-16-8/h4-5,7,10H,1-3H3. The van der Waals surface area contributed by atoms with Gasteiger partial charge in [0, 0.05) is 6.07 Å². The molecule has 0 spiro atoms. The summed E-state index contributed by atoms with van der Waals surface area (Å²) in [6.45, 7) is 4.03. The molecule has 0 bridgehead atoms. The van der Waals surface area contributed by atoms with Crippen molar-refractivity contribution in [2.45, 2.75) is 19.8 Å². The van der Waals surface area contributed by atoms with Crippen molar-refractivity contribution in [3.05, 3.63) is 18.0 Å². The van der Waals surface area contributed by atoms with Gasteiger partial charge in [-0.3, -0.25) is 0 Å². The van der Waals surface area contributed by atoms with Crippen molar-refractivity contribution in [2.75, 3.05) is 7.11 Å². The molecule has 1 aliphatic rings. The van der Waals surface area contributed by atoms with E-state index in [4.69, 9.17) is 14.5 Å². The molecule has 2 atom stereocenters. The lowest BCUT2D eigenvalue weighted by molar-refractivity contribution is 0.367. The summed E-state index contributed by atoms with van der Waals surface area (Å²) in [6.07, 6.45) is 0. The van der Waals surface area contributed by atoms with Gasteiger partial charge in [-0.25, -0.2) is 0 Å². The quantitative estimate of drug-likeness (QED) is 0.839. The first kappa shape index (κ1) is 12.5. The Hall–Kier alpha value is -2.49. The van der Waals surface area contributed by atoms with E-state index in [2.05, 4.69) is 26.4 Å². The minimum absolute atomic E-state index is 0.0139. The minimum atomic E-state index is -0.121. The normalized spacial score (nSPS) is 23.1. The van der Waals surface area contributed by atoms with Crippen LogP contribution in [0.3, 0.4) is 0 Å². The van der Waals surface area contributed by atoms with Crippen LogP contribution in [0, 0.1) is 22.7 Å². The summed E-state index contributed by atoms with van der Waals surface area (Å²) in [7, 11) is 1.52. The highest BCUT2D eigenvalue weighted by Gasteiger charge is 2.62. The van der Waals surface area contributed by atoms with Gasteiger partial charge in [0.15, 0.2) is 0 Å². The average Bonchev–Trinajstić information content (AvgIpc) is 2.81. The van der Waals surface area contributed by atoms with E-state index in [1.54, 1.807) is 12.1 Å². The number of hydrogen-bond acceptors (Lipinski definition) is 7. The van der Waals surface area contributed by atoms with E-state index >= 15 is 0 Å². The van der Waals surface area contributed by atoms with Crippen LogP contribution in [0.5, 0.6) is 5.88 Å². The van der Waals surface area contributed by atoms with E-state index < -0.39 is 0 Å². The van der Waals surface area contributed by atoms with Crippen LogP contribution >= 0.6 is 0 Å². The molecule has 0 amide bonds. The Labute approximate surface area is 115 Å². The van der Waals surface area contributed by atoms with Crippen molar-refractivity contribution in [3.63, 3.8) is 0 Å². The summed E-state index contributed by atoms with van der Waals surface area (Å²) in [5.41, 5.74) is 0.386. The fraction of sp³-hybridized carbons (Fsp3) is 0.462. The molecule has 102 valence electrons.